The predicted octanol–water partition coefficient (Wildman–Crippen LogP) is 3.21. The summed E-state index contributed by atoms with van der Waals surface area (Å²) in [4.78, 5) is 15.3. The Morgan fingerprint density at radius 1 is 1.38 bits per heavy atom. The number of aliphatic imine (C=N–C) groups is 1. The maximum absolute atomic E-state index is 13.5. The van der Waals surface area contributed by atoms with E-state index in [1.807, 2.05) is 6.07 Å². The third-order valence-corrected chi connectivity index (χ3v) is 4.05. The molecule has 0 aliphatic carbocycles. The van der Waals surface area contributed by atoms with Crippen molar-refractivity contribution in [1.29, 1.82) is 0 Å². The van der Waals surface area contributed by atoms with E-state index in [2.05, 4.69) is 4.99 Å². The molecule has 3 unspecified atom stereocenters. The topological polar surface area (TPSA) is 69.9 Å². The zero-order valence-corrected chi connectivity index (χ0v) is 12.0. The number of rotatable bonds is 7. The van der Waals surface area contributed by atoms with Crippen molar-refractivity contribution in [3.63, 3.8) is 0 Å². The number of halogens is 1. The third kappa shape index (κ3) is 3.29. The van der Waals surface area contributed by atoms with Crippen molar-refractivity contribution in [2.45, 2.75) is 44.4 Å². The fourth-order valence-corrected chi connectivity index (χ4v) is 2.76. The Kier molecular flexibility index (Phi) is 4.73. The molecule has 0 aromatic heterocycles. The van der Waals surface area contributed by atoms with Gasteiger partial charge in [0.15, 0.2) is 0 Å². The summed E-state index contributed by atoms with van der Waals surface area (Å²) < 4.78 is 13.5. The number of aliphatic hydroxyl groups is 1. The van der Waals surface area contributed by atoms with Gasteiger partial charge in [-0.3, -0.25) is 9.79 Å². The van der Waals surface area contributed by atoms with Gasteiger partial charge in [0, 0.05) is 17.7 Å². The number of benzene rings is 1. The van der Waals surface area contributed by atoms with Crippen molar-refractivity contribution in [1.82, 2.24) is 0 Å². The second kappa shape index (κ2) is 6.35. The molecule has 2 rings (SSSR count). The van der Waals surface area contributed by atoms with Crippen LogP contribution in [0.15, 0.2) is 29.3 Å². The minimum atomic E-state index is -1.43. The summed E-state index contributed by atoms with van der Waals surface area (Å²) in [6.45, 7) is 1.75. The number of hydrogen-bond acceptors (Lipinski definition) is 3. The van der Waals surface area contributed by atoms with E-state index in [0.717, 1.165) is 0 Å². The molecule has 0 amide bonds. The van der Waals surface area contributed by atoms with Crippen LogP contribution in [-0.2, 0) is 10.4 Å². The van der Waals surface area contributed by atoms with Gasteiger partial charge in [0.1, 0.15) is 5.60 Å². The molecule has 1 aliphatic heterocycles. The van der Waals surface area contributed by atoms with Crippen LogP contribution in [0.4, 0.5) is 10.1 Å². The van der Waals surface area contributed by atoms with E-state index in [4.69, 9.17) is 5.11 Å². The van der Waals surface area contributed by atoms with Gasteiger partial charge in [-0.2, -0.15) is 0 Å². The number of carbonyl (C=O) groups is 1. The molecule has 0 saturated carbocycles. The van der Waals surface area contributed by atoms with Crippen LogP contribution >= 0.6 is 0 Å². The second-order valence-electron chi connectivity index (χ2n) is 5.48. The third-order valence-electron chi connectivity index (χ3n) is 4.05. The first-order valence-corrected chi connectivity index (χ1v) is 7.20. The Balaban J connectivity index is 2.24. The summed E-state index contributed by atoms with van der Waals surface area (Å²) in [5.41, 5.74) is -0.187. The molecule has 0 fully saturated rings. The largest absolute Gasteiger partial charge is 0.481 e. The van der Waals surface area contributed by atoms with Gasteiger partial charge in [0.25, 0.3) is 0 Å². The number of carboxylic acid groups (broad SMARTS) is 1. The van der Waals surface area contributed by atoms with Crippen LogP contribution in [0.3, 0.4) is 0 Å². The van der Waals surface area contributed by atoms with Crippen molar-refractivity contribution in [3.05, 3.63) is 29.8 Å². The molecule has 0 radical (unpaired) electrons. The lowest BCUT2D eigenvalue weighted by molar-refractivity contribution is -0.140. The first kappa shape index (κ1) is 15.6. The Hall–Kier alpha value is -1.75. The van der Waals surface area contributed by atoms with E-state index < -0.39 is 23.7 Å². The maximum Gasteiger partial charge on any atom is 0.303 e. The molecule has 0 spiro atoms. The summed E-state index contributed by atoms with van der Waals surface area (Å²) >= 11 is 0. The molecular formula is C16H20FNO3. The fourth-order valence-electron chi connectivity index (χ4n) is 2.76. The average Bonchev–Trinajstić information content (AvgIpc) is 2.82. The number of aliphatic carboxylic acids is 1. The molecule has 1 aliphatic rings. The number of hydrogen-bond donors (Lipinski definition) is 2. The first-order chi connectivity index (χ1) is 9.97. The van der Waals surface area contributed by atoms with Crippen LogP contribution in [-0.4, -0.2) is 28.6 Å². The number of carboxylic acids is 1. The van der Waals surface area contributed by atoms with Gasteiger partial charge in [-0.25, -0.2) is 4.39 Å². The van der Waals surface area contributed by atoms with E-state index in [9.17, 15) is 14.3 Å². The van der Waals surface area contributed by atoms with Gasteiger partial charge in [-0.1, -0.05) is 25.1 Å². The Morgan fingerprint density at radius 3 is 2.76 bits per heavy atom. The summed E-state index contributed by atoms with van der Waals surface area (Å²) in [6.07, 6.45) is 1.14. The minimum Gasteiger partial charge on any atom is -0.481 e. The molecule has 3 atom stereocenters. The number of alkyl halides is 1. The van der Waals surface area contributed by atoms with Crippen LogP contribution in [0.1, 0.15) is 38.2 Å². The highest BCUT2D eigenvalue weighted by atomic mass is 19.1. The van der Waals surface area contributed by atoms with Gasteiger partial charge in [0.2, 0.25) is 0 Å². The molecule has 21 heavy (non-hydrogen) atoms. The van der Waals surface area contributed by atoms with Gasteiger partial charge in [-0.15, -0.1) is 0 Å². The Bertz CT molecular complexity index is 546. The molecule has 2 N–H and O–H groups in total. The summed E-state index contributed by atoms with van der Waals surface area (Å²) in [5, 5.41) is 20.0. The predicted molar refractivity (Wildman–Crippen MR) is 78.7 cm³/mol. The zero-order valence-electron chi connectivity index (χ0n) is 12.0. The summed E-state index contributed by atoms with van der Waals surface area (Å²) in [7, 11) is 0. The molecule has 114 valence electrons. The summed E-state index contributed by atoms with van der Waals surface area (Å²) in [5.74, 6) is -1.59. The van der Waals surface area contributed by atoms with Crippen molar-refractivity contribution in [2.75, 3.05) is 0 Å². The van der Waals surface area contributed by atoms with Crippen molar-refractivity contribution >= 4 is 17.9 Å². The van der Waals surface area contributed by atoms with Gasteiger partial charge in [0.05, 0.1) is 18.3 Å². The monoisotopic (exact) mass is 293 g/mol. The highest BCUT2D eigenvalue weighted by molar-refractivity contribution is 5.84. The van der Waals surface area contributed by atoms with E-state index >= 15 is 0 Å². The average molecular weight is 293 g/mol. The molecule has 1 heterocycles. The zero-order chi connectivity index (χ0) is 15.5. The standard InChI is InChI=1S/C16H20FNO3/c1-2-12(17)8-7-11(9-15(19)20)16(21)10-18-14-6-4-3-5-13(14)16/h3-6,10-12,21H,2,7-9H2,1H3,(H,19,20). The fraction of sp³-hybridized carbons (Fsp3) is 0.500. The maximum atomic E-state index is 13.5. The van der Waals surface area contributed by atoms with Gasteiger partial charge in [-0.05, 0) is 25.3 Å². The van der Waals surface area contributed by atoms with Crippen LogP contribution < -0.4 is 0 Å². The molecule has 4 nitrogen and oxygen atoms in total. The molecule has 0 bridgehead atoms. The van der Waals surface area contributed by atoms with E-state index in [1.54, 1.807) is 25.1 Å². The molecule has 1 aromatic rings. The lowest BCUT2D eigenvalue weighted by Gasteiger charge is -2.30. The number of nitrogens with zero attached hydrogens (tertiary/aromatic N) is 1. The van der Waals surface area contributed by atoms with Gasteiger partial charge >= 0.3 is 5.97 Å². The lowest BCUT2D eigenvalue weighted by Crippen LogP contribution is -2.36. The molecule has 0 saturated heterocycles. The number of fused-ring (bicyclic) bond motifs is 1. The van der Waals surface area contributed by atoms with Gasteiger partial charge < -0.3 is 10.2 Å². The smallest absolute Gasteiger partial charge is 0.303 e. The van der Waals surface area contributed by atoms with Crippen molar-refractivity contribution in [3.8, 4) is 0 Å². The highest BCUT2D eigenvalue weighted by Gasteiger charge is 2.42. The van der Waals surface area contributed by atoms with Crippen molar-refractivity contribution in [2.24, 2.45) is 10.9 Å². The Labute approximate surface area is 123 Å². The highest BCUT2D eigenvalue weighted by Crippen LogP contribution is 2.43. The van der Waals surface area contributed by atoms with E-state index in [0.29, 0.717) is 24.1 Å². The second-order valence-corrected chi connectivity index (χ2v) is 5.48. The van der Waals surface area contributed by atoms with E-state index in [-0.39, 0.29) is 12.8 Å². The van der Waals surface area contributed by atoms with Crippen LogP contribution in [0.5, 0.6) is 0 Å². The molecular weight excluding hydrogens is 273 g/mol. The number of para-hydroxylation sites is 1. The molecule has 1 aromatic carbocycles. The first-order valence-electron chi connectivity index (χ1n) is 7.20. The van der Waals surface area contributed by atoms with Crippen molar-refractivity contribution < 1.29 is 19.4 Å². The minimum absolute atomic E-state index is 0.215. The quantitative estimate of drug-likeness (QED) is 0.811. The summed E-state index contributed by atoms with van der Waals surface area (Å²) in [6, 6.07) is 7.10. The Morgan fingerprint density at radius 2 is 2.10 bits per heavy atom. The van der Waals surface area contributed by atoms with Crippen LogP contribution in [0.25, 0.3) is 0 Å². The van der Waals surface area contributed by atoms with E-state index in [1.165, 1.54) is 6.21 Å². The molecule has 5 heteroatoms. The van der Waals surface area contributed by atoms with Crippen LogP contribution in [0.2, 0.25) is 0 Å². The lowest BCUT2D eigenvalue weighted by atomic mass is 9.78. The van der Waals surface area contributed by atoms with Crippen LogP contribution in [0, 0.1) is 5.92 Å². The normalized spacial score (nSPS) is 22.8. The SMILES string of the molecule is CCC(F)CCC(CC(=O)O)C1(O)C=Nc2ccccc21.